The van der Waals surface area contributed by atoms with Crippen LogP contribution in [0.15, 0.2) is 72.8 Å². The van der Waals surface area contributed by atoms with Gasteiger partial charge in [-0.05, 0) is 35.4 Å². The first-order valence-electron chi connectivity index (χ1n) is 13.3. The molecule has 186 valence electrons. The minimum Gasteiger partial charge on any atom is -0.322 e. The van der Waals surface area contributed by atoms with Crippen LogP contribution in [0.25, 0.3) is 11.1 Å². The van der Waals surface area contributed by atoms with Crippen LogP contribution < -0.4 is 15.7 Å². The summed E-state index contributed by atoms with van der Waals surface area (Å²) in [5.74, 6) is -0.0547. The van der Waals surface area contributed by atoms with Gasteiger partial charge in [0.25, 0.3) is 5.91 Å². The molecular weight excluding hydrogens is 459 g/mol. The molecule has 0 bridgehead atoms. The van der Waals surface area contributed by atoms with Gasteiger partial charge in [0, 0.05) is 11.3 Å². The van der Waals surface area contributed by atoms with Crippen LogP contribution in [0.1, 0.15) is 49.9 Å². The summed E-state index contributed by atoms with van der Waals surface area (Å²) in [4.78, 5) is 12.8. The van der Waals surface area contributed by atoms with Gasteiger partial charge in [-0.1, -0.05) is 137 Å². The van der Waals surface area contributed by atoms with Gasteiger partial charge in [-0.15, -0.1) is 0 Å². The Labute approximate surface area is 215 Å². The lowest BCUT2D eigenvalue weighted by Crippen LogP contribution is -2.41. The number of unbranched alkanes of at least 4 members (excludes halogenated alkanes) is 2. The van der Waals surface area contributed by atoms with Crippen molar-refractivity contribution in [1.82, 2.24) is 0 Å². The summed E-state index contributed by atoms with van der Waals surface area (Å²) < 4.78 is 0. The van der Waals surface area contributed by atoms with Gasteiger partial charge < -0.3 is 5.32 Å². The Morgan fingerprint density at radius 3 is 1.46 bits per heavy atom. The number of anilines is 1. The molecule has 0 heterocycles. The summed E-state index contributed by atoms with van der Waals surface area (Å²) in [5.41, 5.74) is 3.93. The number of carbonyl (C=O) groups is 1. The van der Waals surface area contributed by atoms with Gasteiger partial charge in [-0.2, -0.15) is 0 Å². The monoisotopic (exact) mass is 501 g/mol. The fourth-order valence-corrected chi connectivity index (χ4v) is 9.85. The largest absolute Gasteiger partial charge is 0.322 e. The van der Waals surface area contributed by atoms with Crippen molar-refractivity contribution in [3.05, 3.63) is 78.4 Å². The molecule has 1 amide bonds. The molecule has 0 aliphatic heterocycles. The molecule has 0 radical (unpaired) electrons. The van der Waals surface area contributed by atoms with E-state index in [0.29, 0.717) is 5.56 Å². The molecule has 0 atom stereocenters. The van der Waals surface area contributed by atoms with E-state index in [2.05, 4.69) is 93.9 Å². The Morgan fingerprint density at radius 1 is 0.629 bits per heavy atom. The van der Waals surface area contributed by atoms with Crippen LogP contribution in [0.3, 0.4) is 0 Å². The van der Waals surface area contributed by atoms with Crippen molar-refractivity contribution < 1.29 is 4.79 Å². The van der Waals surface area contributed by atoms with Gasteiger partial charge in [-0.25, -0.2) is 0 Å². The van der Waals surface area contributed by atoms with Crippen LogP contribution in [0, 0.1) is 0 Å². The molecule has 35 heavy (non-hydrogen) atoms. The molecule has 1 N–H and O–H groups in total. The maximum absolute atomic E-state index is 12.8. The number of nitrogens with one attached hydrogen (secondary N) is 1. The van der Waals surface area contributed by atoms with Crippen molar-refractivity contribution in [3.63, 3.8) is 0 Å². The lowest BCUT2D eigenvalue weighted by Gasteiger charge is -2.23. The predicted octanol–water partition coefficient (Wildman–Crippen LogP) is 8.04. The summed E-state index contributed by atoms with van der Waals surface area (Å²) in [6.45, 7) is 14.3. The fourth-order valence-electron chi connectivity index (χ4n) is 4.66. The second-order valence-corrected chi connectivity index (χ2v) is 20.9. The number of hydrogen-bond donors (Lipinski definition) is 1. The van der Waals surface area contributed by atoms with Crippen LogP contribution in [0.5, 0.6) is 0 Å². The summed E-state index contributed by atoms with van der Waals surface area (Å²) >= 11 is 0. The number of benzene rings is 3. The average Bonchev–Trinajstić information content (AvgIpc) is 2.87. The Kier molecular flexibility index (Phi) is 9.31. The molecule has 0 unspecified atom stereocenters. The lowest BCUT2D eigenvalue weighted by molar-refractivity contribution is 0.102. The third-order valence-electron chi connectivity index (χ3n) is 7.38. The smallest absolute Gasteiger partial charge is 0.255 e. The van der Waals surface area contributed by atoms with Gasteiger partial charge in [0.1, 0.15) is 0 Å². The average molecular weight is 502 g/mol. The fraction of sp³-hybridized carbons (Fsp3) is 0.387. The van der Waals surface area contributed by atoms with E-state index >= 15 is 0 Å². The van der Waals surface area contributed by atoms with Crippen LogP contribution in [-0.4, -0.2) is 22.1 Å². The molecule has 3 rings (SSSR count). The SMILES string of the molecule is CCCC[Si](C)(C)c1ccc(C(=O)Nc2ccc(-c3ccc([Si](C)(C)CCCC)cc3)cc2)cc1. The molecule has 0 aliphatic rings. The van der Waals surface area contributed by atoms with Gasteiger partial charge in [0.2, 0.25) is 0 Å². The van der Waals surface area contributed by atoms with Gasteiger partial charge in [-0.3, -0.25) is 4.79 Å². The number of carbonyl (C=O) groups excluding carboxylic acids is 1. The molecule has 2 nitrogen and oxygen atoms in total. The summed E-state index contributed by atoms with van der Waals surface area (Å²) in [6, 6.07) is 28.2. The molecule has 0 aliphatic carbocycles. The molecule has 0 aromatic heterocycles. The van der Waals surface area contributed by atoms with E-state index < -0.39 is 16.1 Å². The van der Waals surface area contributed by atoms with Gasteiger partial charge >= 0.3 is 0 Å². The minimum absolute atomic E-state index is 0.0547. The third-order valence-corrected chi connectivity index (χ3v) is 14.4. The maximum Gasteiger partial charge on any atom is 0.255 e. The number of hydrogen-bond acceptors (Lipinski definition) is 1. The zero-order valence-electron chi connectivity index (χ0n) is 22.6. The number of rotatable bonds is 11. The zero-order valence-corrected chi connectivity index (χ0v) is 24.6. The van der Waals surface area contributed by atoms with E-state index in [1.165, 1.54) is 59.3 Å². The quantitative estimate of drug-likeness (QED) is 0.265. The highest BCUT2D eigenvalue weighted by Gasteiger charge is 2.23. The summed E-state index contributed by atoms with van der Waals surface area (Å²) in [7, 11) is -2.77. The second-order valence-electron chi connectivity index (χ2n) is 11.2. The molecule has 0 saturated heterocycles. The first-order valence-corrected chi connectivity index (χ1v) is 19.7. The molecule has 0 spiro atoms. The molecule has 0 fully saturated rings. The molecule has 4 heteroatoms. The highest BCUT2D eigenvalue weighted by molar-refractivity contribution is 6.90. The van der Waals surface area contributed by atoms with E-state index in [1.54, 1.807) is 0 Å². The van der Waals surface area contributed by atoms with Crippen LogP contribution >= 0.6 is 0 Å². The molecule has 3 aromatic rings. The van der Waals surface area contributed by atoms with Crippen molar-refractivity contribution in [2.24, 2.45) is 0 Å². The van der Waals surface area contributed by atoms with E-state index in [0.717, 1.165) is 5.69 Å². The topological polar surface area (TPSA) is 29.1 Å². The molecule has 0 saturated carbocycles. The van der Waals surface area contributed by atoms with E-state index in [1.807, 2.05) is 24.3 Å². The van der Waals surface area contributed by atoms with Crippen LogP contribution in [-0.2, 0) is 0 Å². The van der Waals surface area contributed by atoms with E-state index in [-0.39, 0.29) is 5.91 Å². The first kappa shape index (κ1) is 27.2. The van der Waals surface area contributed by atoms with Crippen molar-refractivity contribution >= 4 is 38.1 Å². The lowest BCUT2D eigenvalue weighted by atomic mass is 10.1. The van der Waals surface area contributed by atoms with Crippen LogP contribution in [0.2, 0.25) is 38.3 Å². The van der Waals surface area contributed by atoms with Crippen molar-refractivity contribution in [2.45, 2.75) is 77.8 Å². The number of amides is 1. The normalized spacial score (nSPS) is 11.9. The van der Waals surface area contributed by atoms with Crippen molar-refractivity contribution in [2.75, 3.05) is 5.32 Å². The third kappa shape index (κ3) is 7.28. The summed E-state index contributed by atoms with van der Waals surface area (Å²) in [6.07, 6.45) is 5.10. The standard InChI is InChI=1S/C31H43NOSi2/c1-7-9-23-34(3,4)29-19-13-26(14-20-29)25-11-17-28(18-12-25)32-31(33)27-15-21-30(22-16-27)35(5,6)24-10-8-2/h11-22H,7-10,23-24H2,1-6H3,(H,32,33). The maximum atomic E-state index is 12.8. The highest BCUT2D eigenvalue weighted by atomic mass is 28.3. The first-order chi connectivity index (χ1) is 16.7. The van der Waals surface area contributed by atoms with E-state index in [4.69, 9.17) is 0 Å². The van der Waals surface area contributed by atoms with Crippen LogP contribution in [0.4, 0.5) is 5.69 Å². The minimum atomic E-state index is -1.42. The van der Waals surface area contributed by atoms with Crippen molar-refractivity contribution in [1.29, 1.82) is 0 Å². The van der Waals surface area contributed by atoms with Gasteiger partial charge in [0.15, 0.2) is 0 Å². The zero-order chi connectivity index (χ0) is 25.5. The van der Waals surface area contributed by atoms with Crippen molar-refractivity contribution in [3.8, 4) is 11.1 Å². The summed E-state index contributed by atoms with van der Waals surface area (Å²) in [5, 5.41) is 6.01. The Hall–Kier alpha value is -2.44. The van der Waals surface area contributed by atoms with E-state index in [9.17, 15) is 4.79 Å². The Bertz CT molecular complexity index is 1080. The molecular formula is C31H43NOSi2. The second kappa shape index (κ2) is 12.0. The Morgan fingerprint density at radius 2 is 1.03 bits per heavy atom. The highest BCUT2D eigenvalue weighted by Crippen LogP contribution is 2.23. The van der Waals surface area contributed by atoms with Gasteiger partial charge in [0.05, 0.1) is 16.1 Å². The predicted molar refractivity (Wildman–Crippen MR) is 160 cm³/mol. The molecule has 3 aromatic carbocycles. The Balaban J connectivity index is 1.64.